The van der Waals surface area contributed by atoms with Crippen molar-refractivity contribution in [3.05, 3.63) is 0 Å². The molecule has 0 spiro atoms. The highest BCUT2D eigenvalue weighted by molar-refractivity contribution is 5.80. The van der Waals surface area contributed by atoms with Crippen molar-refractivity contribution in [2.24, 2.45) is 0 Å². The number of piperazine rings is 1. The van der Waals surface area contributed by atoms with E-state index in [2.05, 4.69) is 29.1 Å². The molecular formula is C16H31N3O2. The van der Waals surface area contributed by atoms with E-state index in [9.17, 15) is 4.79 Å². The van der Waals surface area contributed by atoms with E-state index in [1.54, 1.807) is 0 Å². The molecule has 1 aliphatic carbocycles. The van der Waals surface area contributed by atoms with Gasteiger partial charge in [-0.1, -0.05) is 0 Å². The molecule has 2 unspecified atom stereocenters. The van der Waals surface area contributed by atoms with E-state index in [1.165, 1.54) is 20.0 Å². The van der Waals surface area contributed by atoms with Crippen LogP contribution in [0.25, 0.3) is 0 Å². The second-order valence-electron chi connectivity index (χ2n) is 6.98. The first-order valence-corrected chi connectivity index (χ1v) is 8.23. The van der Waals surface area contributed by atoms with Crippen molar-refractivity contribution in [3.8, 4) is 0 Å². The van der Waals surface area contributed by atoms with Gasteiger partial charge in [-0.15, -0.1) is 0 Å². The van der Waals surface area contributed by atoms with Gasteiger partial charge < -0.3 is 14.5 Å². The van der Waals surface area contributed by atoms with E-state index in [0.29, 0.717) is 12.1 Å². The smallest absolute Gasteiger partial charge is 0.325 e. The van der Waals surface area contributed by atoms with Gasteiger partial charge in [0.25, 0.3) is 0 Å². The number of esters is 1. The number of carbonyl (C=O) groups is 1. The Morgan fingerprint density at radius 3 is 2.67 bits per heavy atom. The first kappa shape index (κ1) is 16.7. The van der Waals surface area contributed by atoms with Crippen LogP contribution in [0.3, 0.4) is 0 Å². The number of carbonyl (C=O) groups excluding carboxylic acids is 1. The third-order valence-corrected chi connectivity index (χ3v) is 4.93. The van der Waals surface area contributed by atoms with Gasteiger partial charge in [0.1, 0.15) is 5.54 Å². The SMILES string of the molecule is COC(=O)C(C)(CCCN1CCN(C)C(C)C1)NC1CC1. The summed E-state index contributed by atoms with van der Waals surface area (Å²) in [5.74, 6) is -0.124. The summed E-state index contributed by atoms with van der Waals surface area (Å²) in [5.41, 5.74) is -0.520. The topological polar surface area (TPSA) is 44.8 Å². The van der Waals surface area contributed by atoms with Crippen LogP contribution in [0.15, 0.2) is 0 Å². The minimum atomic E-state index is -0.520. The summed E-state index contributed by atoms with van der Waals surface area (Å²) in [6.45, 7) is 8.73. The molecule has 5 heteroatoms. The third-order valence-electron chi connectivity index (χ3n) is 4.93. The van der Waals surface area contributed by atoms with Crippen LogP contribution in [0.2, 0.25) is 0 Å². The lowest BCUT2D eigenvalue weighted by Crippen LogP contribution is -2.52. The van der Waals surface area contributed by atoms with Crippen molar-refractivity contribution < 1.29 is 9.53 Å². The monoisotopic (exact) mass is 297 g/mol. The lowest BCUT2D eigenvalue weighted by molar-refractivity contribution is -0.148. The molecule has 1 saturated heterocycles. The Balaban J connectivity index is 1.77. The van der Waals surface area contributed by atoms with Crippen LogP contribution in [0, 0.1) is 0 Å². The van der Waals surface area contributed by atoms with Crippen molar-refractivity contribution in [1.82, 2.24) is 15.1 Å². The molecule has 0 radical (unpaired) electrons. The van der Waals surface area contributed by atoms with Gasteiger partial charge >= 0.3 is 5.97 Å². The zero-order chi connectivity index (χ0) is 15.5. The quantitative estimate of drug-likeness (QED) is 0.713. The molecule has 1 saturated carbocycles. The summed E-state index contributed by atoms with van der Waals surface area (Å²) in [6.07, 6.45) is 4.24. The minimum Gasteiger partial charge on any atom is -0.468 e. The van der Waals surface area contributed by atoms with Crippen LogP contribution in [0.1, 0.15) is 39.5 Å². The molecule has 5 nitrogen and oxygen atoms in total. The Bertz CT molecular complexity index is 359. The van der Waals surface area contributed by atoms with Crippen molar-refractivity contribution in [1.29, 1.82) is 0 Å². The molecular weight excluding hydrogens is 266 g/mol. The number of nitrogens with one attached hydrogen (secondary N) is 1. The van der Waals surface area contributed by atoms with Gasteiger partial charge in [0, 0.05) is 31.7 Å². The van der Waals surface area contributed by atoms with Gasteiger partial charge in [-0.05, 0) is 53.1 Å². The van der Waals surface area contributed by atoms with E-state index in [1.807, 2.05) is 6.92 Å². The van der Waals surface area contributed by atoms with Crippen LogP contribution < -0.4 is 5.32 Å². The van der Waals surface area contributed by atoms with Gasteiger partial charge in [0.2, 0.25) is 0 Å². The first-order chi connectivity index (χ1) is 9.94. The zero-order valence-electron chi connectivity index (χ0n) is 14.0. The lowest BCUT2D eigenvalue weighted by atomic mass is 9.95. The number of ether oxygens (including phenoxy) is 1. The van der Waals surface area contributed by atoms with Crippen LogP contribution in [0.4, 0.5) is 0 Å². The van der Waals surface area contributed by atoms with Crippen LogP contribution >= 0.6 is 0 Å². The standard InChI is InChI=1S/C16H31N3O2/c1-13-12-19(11-10-18(13)3)9-5-8-16(2,15(20)21-4)17-14-6-7-14/h13-14,17H,5-12H2,1-4H3. The van der Waals surface area contributed by atoms with E-state index in [4.69, 9.17) is 4.74 Å². The van der Waals surface area contributed by atoms with Crippen molar-refractivity contribution in [3.63, 3.8) is 0 Å². The summed E-state index contributed by atoms with van der Waals surface area (Å²) in [7, 11) is 3.67. The zero-order valence-corrected chi connectivity index (χ0v) is 14.0. The fourth-order valence-corrected chi connectivity index (χ4v) is 3.12. The number of likely N-dealkylation sites (N-methyl/N-ethyl adjacent to an activating group) is 1. The molecule has 0 bridgehead atoms. The van der Waals surface area contributed by atoms with E-state index >= 15 is 0 Å². The summed E-state index contributed by atoms with van der Waals surface area (Å²) < 4.78 is 5.00. The van der Waals surface area contributed by atoms with E-state index < -0.39 is 5.54 Å². The van der Waals surface area contributed by atoms with Gasteiger partial charge in [-0.25, -0.2) is 0 Å². The summed E-state index contributed by atoms with van der Waals surface area (Å²) >= 11 is 0. The Kier molecular flexibility index (Phi) is 5.63. The van der Waals surface area contributed by atoms with Crippen LogP contribution in [-0.2, 0) is 9.53 Å². The molecule has 1 aliphatic heterocycles. The molecule has 2 fully saturated rings. The Morgan fingerprint density at radius 2 is 2.10 bits per heavy atom. The maximum atomic E-state index is 12.1. The van der Waals surface area contributed by atoms with Gasteiger partial charge in [0.05, 0.1) is 7.11 Å². The second kappa shape index (κ2) is 7.07. The highest BCUT2D eigenvalue weighted by Crippen LogP contribution is 2.25. The highest BCUT2D eigenvalue weighted by Gasteiger charge is 2.39. The summed E-state index contributed by atoms with van der Waals surface area (Å²) in [6, 6.07) is 1.13. The molecule has 2 atom stereocenters. The Morgan fingerprint density at radius 1 is 1.38 bits per heavy atom. The van der Waals surface area contributed by atoms with E-state index in [-0.39, 0.29) is 5.97 Å². The maximum Gasteiger partial charge on any atom is 0.325 e. The Hall–Kier alpha value is -0.650. The normalized spacial score (nSPS) is 27.3. The average molecular weight is 297 g/mol. The number of nitrogens with zero attached hydrogens (tertiary/aromatic N) is 2. The number of rotatable bonds is 7. The summed E-state index contributed by atoms with van der Waals surface area (Å²) in [5, 5.41) is 3.47. The molecule has 0 amide bonds. The average Bonchev–Trinajstić information content (AvgIpc) is 3.25. The van der Waals surface area contributed by atoms with Gasteiger partial charge in [-0.2, -0.15) is 0 Å². The fourth-order valence-electron chi connectivity index (χ4n) is 3.12. The van der Waals surface area contributed by atoms with Gasteiger partial charge in [-0.3, -0.25) is 10.1 Å². The molecule has 1 heterocycles. The molecule has 2 aliphatic rings. The van der Waals surface area contributed by atoms with Crippen molar-refractivity contribution >= 4 is 5.97 Å². The van der Waals surface area contributed by atoms with Crippen molar-refractivity contribution in [2.45, 2.75) is 57.2 Å². The fraction of sp³-hybridized carbons (Fsp3) is 0.938. The Labute approximate surface area is 129 Å². The molecule has 0 aromatic heterocycles. The highest BCUT2D eigenvalue weighted by atomic mass is 16.5. The van der Waals surface area contributed by atoms with Gasteiger partial charge in [0.15, 0.2) is 0 Å². The predicted octanol–water partition coefficient (Wildman–Crippen LogP) is 1.09. The van der Waals surface area contributed by atoms with E-state index in [0.717, 1.165) is 39.0 Å². The molecule has 1 N–H and O–H groups in total. The number of methoxy groups -OCH3 is 1. The molecule has 0 aromatic carbocycles. The molecule has 122 valence electrons. The maximum absolute atomic E-state index is 12.1. The van der Waals surface area contributed by atoms with Crippen LogP contribution in [-0.4, -0.2) is 73.7 Å². The molecule has 2 rings (SSSR count). The molecule has 0 aromatic rings. The van der Waals surface area contributed by atoms with Crippen LogP contribution in [0.5, 0.6) is 0 Å². The summed E-state index contributed by atoms with van der Waals surface area (Å²) in [4.78, 5) is 17.0. The second-order valence-corrected chi connectivity index (χ2v) is 6.98. The minimum absolute atomic E-state index is 0.124. The lowest BCUT2D eigenvalue weighted by Gasteiger charge is -2.38. The van der Waals surface area contributed by atoms with Crippen molar-refractivity contribution in [2.75, 3.05) is 40.3 Å². The third kappa shape index (κ3) is 4.66. The number of hydrogen-bond acceptors (Lipinski definition) is 5. The number of hydrogen-bond donors (Lipinski definition) is 1. The largest absolute Gasteiger partial charge is 0.468 e. The molecule has 21 heavy (non-hydrogen) atoms. The predicted molar refractivity (Wildman–Crippen MR) is 84.3 cm³/mol. The first-order valence-electron chi connectivity index (χ1n) is 8.23.